The highest BCUT2D eigenvalue weighted by Gasteiger charge is 2.33. The maximum Gasteiger partial charge on any atom is 0.314 e. The van der Waals surface area contributed by atoms with Crippen LogP contribution in [-0.2, 0) is 11.2 Å². The lowest BCUT2D eigenvalue weighted by Crippen LogP contribution is -2.23. The molecule has 1 aromatic carbocycles. The second kappa shape index (κ2) is 5.05. The molecule has 0 radical (unpaired) electrons. The molecule has 0 aliphatic carbocycles. The Bertz CT molecular complexity index is 514. The van der Waals surface area contributed by atoms with Gasteiger partial charge in [0.15, 0.2) is 0 Å². The Morgan fingerprint density at radius 3 is 2.58 bits per heavy atom. The Morgan fingerprint density at radius 2 is 2.05 bits per heavy atom. The van der Waals surface area contributed by atoms with Crippen molar-refractivity contribution in [2.45, 2.75) is 32.5 Å². The van der Waals surface area contributed by atoms with E-state index in [1.807, 2.05) is 13.8 Å². The molecule has 0 N–H and O–H groups in total. The molecule has 0 aromatic heterocycles. The standard InChI is InChI=1S/C13H17NO5/c1-7-5-9-12(8(2)19-7)11(17-3)6-10(14(15)16)13(9)18-4/h6-8H,5H2,1-4H3/t7-,8+/m1/s1. The molecule has 2 rings (SSSR count). The summed E-state index contributed by atoms with van der Waals surface area (Å²) in [6.45, 7) is 3.84. The van der Waals surface area contributed by atoms with Gasteiger partial charge in [0.1, 0.15) is 5.75 Å². The van der Waals surface area contributed by atoms with E-state index in [4.69, 9.17) is 14.2 Å². The van der Waals surface area contributed by atoms with Crippen molar-refractivity contribution < 1.29 is 19.1 Å². The van der Waals surface area contributed by atoms with Crippen molar-refractivity contribution >= 4 is 5.69 Å². The topological polar surface area (TPSA) is 70.8 Å². The zero-order valence-corrected chi connectivity index (χ0v) is 11.4. The van der Waals surface area contributed by atoms with Crippen LogP contribution in [0.5, 0.6) is 11.5 Å². The van der Waals surface area contributed by atoms with Crippen LogP contribution in [0, 0.1) is 10.1 Å². The van der Waals surface area contributed by atoms with Gasteiger partial charge in [0.05, 0.1) is 37.4 Å². The summed E-state index contributed by atoms with van der Waals surface area (Å²) in [7, 11) is 2.94. The molecule has 1 aliphatic rings. The van der Waals surface area contributed by atoms with E-state index in [0.717, 1.165) is 11.1 Å². The average Bonchev–Trinajstić information content (AvgIpc) is 2.35. The third kappa shape index (κ3) is 2.23. The van der Waals surface area contributed by atoms with E-state index >= 15 is 0 Å². The van der Waals surface area contributed by atoms with Gasteiger partial charge >= 0.3 is 5.69 Å². The number of nitrogens with zero attached hydrogens (tertiary/aromatic N) is 1. The highest BCUT2D eigenvalue weighted by Crippen LogP contribution is 2.46. The molecule has 0 amide bonds. The number of fused-ring (bicyclic) bond motifs is 1. The number of benzene rings is 1. The van der Waals surface area contributed by atoms with Gasteiger partial charge in [0.2, 0.25) is 5.75 Å². The van der Waals surface area contributed by atoms with Gasteiger partial charge in [-0.15, -0.1) is 0 Å². The number of ether oxygens (including phenoxy) is 3. The van der Waals surface area contributed by atoms with E-state index in [2.05, 4.69) is 0 Å². The van der Waals surface area contributed by atoms with Gasteiger partial charge in [-0.3, -0.25) is 10.1 Å². The highest BCUT2D eigenvalue weighted by atomic mass is 16.6. The summed E-state index contributed by atoms with van der Waals surface area (Å²) in [4.78, 5) is 10.7. The van der Waals surface area contributed by atoms with Crippen LogP contribution in [0.2, 0.25) is 0 Å². The number of rotatable bonds is 3. The van der Waals surface area contributed by atoms with Crippen molar-refractivity contribution in [2.24, 2.45) is 0 Å². The number of methoxy groups -OCH3 is 2. The summed E-state index contributed by atoms with van der Waals surface area (Å²) in [6.07, 6.45) is 0.382. The smallest absolute Gasteiger partial charge is 0.314 e. The molecular weight excluding hydrogens is 250 g/mol. The van der Waals surface area contributed by atoms with Gasteiger partial charge in [0, 0.05) is 17.5 Å². The van der Waals surface area contributed by atoms with Crippen LogP contribution in [0.15, 0.2) is 6.07 Å². The summed E-state index contributed by atoms with van der Waals surface area (Å²) in [6, 6.07) is 1.40. The van der Waals surface area contributed by atoms with Crippen molar-refractivity contribution in [3.05, 3.63) is 27.3 Å². The summed E-state index contributed by atoms with van der Waals surface area (Å²) < 4.78 is 16.3. The SMILES string of the molecule is COc1cc([N+](=O)[O-])c(OC)c2c1[C@H](C)O[C@H](C)C2. The van der Waals surface area contributed by atoms with Crippen molar-refractivity contribution in [3.63, 3.8) is 0 Å². The van der Waals surface area contributed by atoms with Gasteiger partial charge in [-0.05, 0) is 13.8 Å². The lowest BCUT2D eigenvalue weighted by Gasteiger charge is -2.30. The van der Waals surface area contributed by atoms with Gasteiger partial charge in [-0.2, -0.15) is 0 Å². The highest BCUT2D eigenvalue weighted by molar-refractivity contribution is 5.62. The molecule has 6 heteroatoms. The fraction of sp³-hybridized carbons (Fsp3) is 0.538. The molecule has 1 aliphatic heterocycles. The molecule has 2 atom stereocenters. The first-order valence-corrected chi connectivity index (χ1v) is 6.07. The second-order valence-corrected chi connectivity index (χ2v) is 4.57. The molecular formula is C13H17NO5. The van der Waals surface area contributed by atoms with Crippen LogP contribution in [0.3, 0.4) is 0 Å². The summed E-state index contributed by atoms with van der Waals surface area (Å²) in [5.41, 5.74) is 1.57. The number of hydrogen-bond acceptors (Lipinski definition) is 5. The van der Waals surface area contributed by atoms with Gasteiger partial charge in [0.25, 0.3) is 0 Å². The molecule has 0 fully saturated rings. The number of hydrogen-bond donors (Lipinski definition) is 0. The summed E-state index contributed by atoms with van der Waals surface area (Å²) in [5, 5.41) is 11.1. The average molecular weight is 267 g/mol. The normalized spacial score (nSPS) is 21.7. The molecule has 1 aromatic rings. The molecule has 104 valence electrons. The van der Waals surface area contributed by atoms with E-state index in [9.17, 15) is 10.1 Å². The Morgan fingerprint density at radius 1 is 1.37 bits per heavy atom. The molecule has 19 heavy (non-hydrogen) atoms. The molecule has 0 bridgehead atoms. The zero-order valence-electron chi connectivity index (χ0n) is 11.4. The molecule has 0 unspecified atom stereocenters. The second-order valence-electron chi connectivity index (χ2n) is 4.57. The molecule has 1 heterocycles. The van der Waals surface area contributed by atoms with Gasteiger partial charge in [-0.1, -0.05) is 0 Å². The van der Waals surface area contributed by atoms with Crippen LogP contribution >= 0.6 is 0 Å². The number of nitro benzene ring substituents is 1. The third-order valence-electron chi connectivity index (χ3n) is 3.32. The van der Waals surface area contributed by atoms with Crippen LogP contribution in [0.25, 0.3) is 0 Å². The number of nitro groups is 1. The first-order chi connectivity index (χ1) is 8.99. The van der Waals surface area contributed by atoms with Gasteiger partial charge < -0.3 is 14.2 Å². The maximum atomic E-state index is 11.1. The fourth-order valence-corrected chi connectivity index (χ4v) is 2.63. The lowest BCUT2D eigenvalue weighted by molar-refractivity contribution is -0.385. The molecule has 6 nitrogen and oxygen atoms in total. The monoisotopic (exact) mass is 267 g/mol. The maximum absolute atomic E-state index is 11.1. The van der Waals surface area contributed by atoms with Crippen molar-refractivity contribution in [3.8, 4) is 11.5 Å². The zero-order chi connectivity index (χ0) is 14.2. The Hall–Kier alpha value is -1.82. The van der Waals surface area contributed by atoms with E-state index < -0.39 is 4.92 Å². The van der Waals surface area contributed by atoms with Crippen LogP contribution < -0.4 is 9.47 Å². The Kier molecular flexibility index (Phi) is 3.61. The Labute approximate surface area is 111 Å². The van der Waals surface area contributed by atoms with Crippen molar-refractivity contribution in [1.82, 2.24) is 0 Å². The summed E-state index contributed by atoms with van der Waals surface area (Å²) >= 11 is 0. The van der Waals surface area contributed by atoms with E-state index in [-0.39, 0.29) is 17.9 Å². The minimum atomic E-state index is -0.452. The van der Waals surface area contributed by atoms with Crippen molar-refractivity contribution in [1.29, 1.82) is 0 Å². The van der Waals surface area contributed by atoms with E-state index in [0.29, 0.717) is 17.9 Å². The quantitative estimate of drug-likeness (QED) is 0.622. The first kappa shape index (κ1) is 13.6. The minimum Gasteiger partial charge on any atom is -0.496 e. The lowest BCUT2D eigenvalue weighted by atomic mass is 9.92. The molecule has 0 spiro atoms. The molecule has 0 saturated carbocycles. The predicted molar refractivity (Wildman–Crippen MR) is 68.9 cm³/mol. The summed E-state index contributed by atoms with van der Waals surface area (Å²) in [5.74, 6) is 0.782. The first-order valence-electron chi connectivity index (χ1n) is 6.07. The van der Waals surface area contributed by atoms with Crippen LogP contribution in [0.4, 0.5) is 5.69 Å². The Balaban J connectivity index is 2.73. The van der Waals surface area contributed by atoms with Crippen LogP contribution in [-0.4, -0.2) is 25.2 Å². The minimum absolute atomic E-state index is 0.0110. The van der Waals surface area contributed by atoms with E-state index in [1.165, 1.54) is 20.3 Å². The molecule has 0 saturated heterocycles. The van der Waals surface area contributed by atoms with Crippen LogP contribution in [0.1, 0.15) is 31.1 Å². The largest absolute Gasteiger partial charge is 0.496 e. The van der Waals surface area contributed by atoms with Crippen molar-refractivity contribution in [2.75, 3.05) is 14.2 Å². The van der Waals surface area contributed by atoms with Gasteiger partial charge in [-0.25, -0.2) is 0 Å². The predicted octanol–water partition coefficient (Wildman–Crippen LogP) is 2.63. The van der Waals surface area contributed by atoms with E-state index in [1.54, 1.807) is 0 Å². The third-order valence-corrected chi connectivity index (χ3v) is 3.32. The fourth-order valence-electron chi connectivity index (χ4n) is 2.63.